The molecule has 1 aromatic heterocycles. The maximum Gasteiger partial charge on any atom is 0.263 e. The van der Waals surface area contributed by atoms with Gasteiger partial charge in [0, 0.05) is 26.7 Å². The van der Waals surface area contributed by atoms with Crippen molar-refractivity contribution in [3.05, 3.63) is 16.1 Å². The van der Waals surface area contributed by atoms with Crippen LogP contribution < -0.4 is 10.6 Å². The summed E-state index contributed by atoms with van der Waals surface area (Å²) < 4.78 is 4.89. The summed E-state index contributed by atoms with van der Waals surface area (Å²) in [4.78, 5) is 16.3. The van der Waals surface area contributed by atoms with Crippen LogP contribution in [0.1, 0.15) is 15.4 Å². The number of halogens is 2. The maximum absolute atomic E-state index is 11.6. The van der Waals surface area contributed by atoms with E-state index in [4.69, 9.17) is 4.74 Å². The molecule has 1 aromatic rings. The number of hydrogen-bond acceptors (Lipinski definition) is 5. The second kappa shape index (κ2) is 11.7. The number of methoxy groups -OCH3 is 1. The fourth-order valence-corrected chi connectivity index (χ4v) is 1.88. The number of nitrogens with zero attached hydrogens (tertiary/aromatic N) is 1. The standard InChI is InChI=1S/C10H17N3O2S.2ClH/c1-8-9(16-7-13-8)10(14)12-4-3-11-5-6-15-2;;/h7,11H,3-6H2,1-2H3,(H,12,14);2*1H. The molecule has 1 heterocycles. The Bertz CT molecular complexity index is 337. The van der Waals surface area contributed by atoms with Crippen molar-refractivity contribution in [1.82, 2.24) is 15.6 Å². The Morgan fingerprint density at radius 3 is 2.67 bits per heavy atom. The molecule has 0 aliphatic rings. The number of amides is 1. The summed E-state index contributed by atoms with van der Waals surface area (Å²) in [5, 5.41) is 5.98. The molecule has 0 radical (unpaired) electrons. The molecule has 0 atom stereocenters. The summed E-state index contributed by atoms with van der Waals surface area (Å²) in [7, 11) is 1.66. The normalized spacial score (nSPS) is 9.22. The average Bonchev–Trinajstić information content (AvgIpc) is 2.69. The van der Waals surface area contributed by atoms with Crippen molar-refractivity contribution in [3.8, 4) is 0 Å². The van der Waals surface area contributed by atoms with Gasteiger partial charge in [-0.2, -0.15) is 0 Å². The van der Waals surface area contributed by atoms with E-state index >= 15 is 0 Å². The zero-order chi connectivity index (χ0) is 11.8. The van der Waals surface area contributed by atoms with Crippen molar-refractivity contribution in [2.75, 3.05) is 33.4 Å². The van der Waals surface area contributed by atoms with Gasteiger partial charge in [-0.05, 0) is 6.92 Å². The van der Waals surface area contributed by atoms with Crippen molar-refractivity contribution < 1.29 is 9.53 Å². The van der Waals surface area contributed by atoms with Crippen LogP contribution in [0.15, 0.2) is 5.51 Å². The van der Waals surface area contributed by atoms with Crippen LogP contribution in [0.3, 0.4) is 0 Å². The summed E-state index contributed by atoms with van der Waals surface area (Å²) in [5.74, 6) is -0.0476. The topological polar surface area (TPSA) is 63.2 Å². The van der Waals surface area contributed by atoms with Crippen LogP contribution in [0.25, 0.3) is 0 Å². The van der Waals surface area contributed by atoms with Gasteiger partial charge in [0.25, 0.3) is 5.91 Å². The number of carbonyl (C=O) groups is 1. The Kier molecular flexibility index (Phi) is 12.9. The van der Waals surface area contributed by atoms with Gasteiger partial charge in [0.15, 0.2) is 0 Å². The molecule has 0 aliphatic carbocycles. The van der Waals surface area contributed by atoms with Gasteiger partial charge in [-0.25, -0.2) is 4.98 Å². The van der Waals surface area contributed by atoms with Crippen LogP contribution in [0.2, 0.25) is 0 Å². The molecule has 5 nitrogen and oxygen atoms in total. The van der Waals surface area contributed by atoms with Gasteiger partial charge in [0.2, 0.25) is 0 Å². The Morgan fingerprint density at radius 1 is 1.39 bits per heavy atom. The van der Waals surface area contributed by atoms with E-state index < -0.39 is 0 Å². The van der Waals surface area contributed by atoms with Crippen LogP contribution in [0, 0.1) is 6.92 Å². The molecule has 0 spiro atoms. The van der Waals surface area contributed by atoms with Gasteiger partial charge in [-0.1, -0.05) is 0 Å². The van der Waals surface area contributed by atoms with Crippen LogP contribution in [-0.4, -0.2) is 44.2 Å². The van der Waals surface area contributed by atoms with E-state index in [-0.39, 0.29) is 30.7 Å². The fraction of sp³-hybridized carbons (Fsp3) is 0.600. The lowest BCUT2D eigenvalue weighted by Crippen LogP contribution is -2.33. The number of aromatic nitrogens is 1. The SMILES string of the molecule is COCCNCCNC(=O)c1scnc1C.Cl.Cl. The molecule has 0 unspecified atom stereocenters. The quantitative estimate of drug-likeness (QED) is 0.744. The van der Waals surface area contributed by atoms with E-state index in [9.17, 15) is 4.79 Å². The lowest BCUT2D eigenvalue weighted by atomic mass is 10.4. The van der Waals surface area contributed by atoms with Crippen LogP contribution in [0.4, 0.5) is 0 Å². The van der Waals surface area contributed by atoms with Crippen LogP contribution in [0.5, 0.6) is 0 Å². The highest BCUT2D eigenvalue weighted by Gasteiger charge is 2.10. The zero-order valence-electron chi connectivity index (χ0n) is 10.4. The molecule has 0 fully saturated rings. The van der Waals surface area contributed by atoms with Crippen LogP contribution >= 0.6 is 36.2 Å². The Labute approximate surface area is 124 Å². The minimum atomic E-state index is -0.0476. The Balaban J connectivity index is 0. The predicted molar refractivity (Wildman–Crippen MR) is 78.4 cm³/mol. The second-order valence-electron chi connectivity index (χ2n) is 3.27. The lowest BCUT2D eigenvalue weighted by molar-refractivity contribution is 0.0957. The van der Waals surface area contributed by atoms with Gasteiger partial charge >= 0.3 is 0 Å². The first-order chi connectivity index (χ1) is 7.75. The summed E-state index contributed by atoms with van der Waals surface area (Å²) >= 11 is 1.37. The molecular formula is C10H19Cl2N3O2S. The largest absolute Gasteiger partial charge is 0.383 e. The van der Waals surface area contributed by atoms with Gasteiger partial charge in [-0.3, -0.25) is 4.79 Å². The molecule has 0 aromatic carbocycles. The number of hydrogen-bond donors (Lipinski definition) is 2. The molecule has 1 rings (SSSR count). The monoisotopic (exact) mass is 315 g/mol. The van der Waals surface area contributed by atoms with Crippen LogP contribution in [-0.2, 0) is 4.74 Å². The first-order valence-corrected chi connectivity index (χ1v) is 6.01. The Morgan fingerprint density at radius 2 is 2.11 bits per heavy atom. The number of ether oxygens (including phenoxy) is 1. The lowest BCUT2D eigenvalue weighted by Gasteiger charge is -2.05. The van der Waals surface area contributed by atoms with Crippen molar-refractivity contribution in [3.63, 3.8) is 0 Å². The highest BCUT2D eigenvalue weighted by molar-refractivity contribution is 7.11. The minimum Gasteiger partial charge on any atom is -0.383 e. The first-order valence-electron chi connectivity index (χ1n) is 5.13. The summed E-state index contributed by atoms with van der Waals surface area (Å²) in [6, 6.07) is 0. The molecule has 0 aliphatic heterocycles. The number of carbonyl (C=O) groups excluding carboxylic acids is 1. The van der Waals surface area contributed by atoms with E-state index in [1.165, 1.54) is 11.3 Å². The number of nitrogens with one attached hydrogen (secondary N) is 2. The van der Waals surface area contributed by atoms with Gasteiger partial charge < -0.3 is 15.4 Å². The van der Waals surface area contributed by atoms with Crippen molar-refractivity contribution in [2.24, 2.45) is 0 Å². The molecular weight excluding hydrogens is 297 g/mol. The summed E-state index contributed by atoms with van der Waals surface area (Å²) in [6.07, 6.45) is 0. The third-order valence-electron chi connectivity index (χ3n) is 2.02. The molecule has 18 heavy (non-hydrogen) atoms. The fourth-order valence-electron chi connectivity index (χ4n) is 1.16. The highest BCUT2D eigenvalue weighted by Crippen LogP contribution is 2.10. The first kappa shape index (κ1) is 19.9. The number of aryl methyl sites for hydroxylation is 1. The van der Waals surface area contributed by atoms with Crippen molar-refractivity contribution in [1.29, 1.82) is 0 Å². The zero-order valence-corrected chi connectivity index (χ0v) is 12.8. The van der Waals surface area contributed by atoms with Gasteiger partial charge in [-0.15, -0.1) is 36.2 Å². The van der Waals surface area contributed by atoms with Gasteiger partial charge in [0.05, 0.1) is 17.8 Å². The predicted octanol–water partition coefficient (Wildman–Crippen LogP) is 1.26. The maximum atomic E-state index is 11.6. The van der Waals surface area contributed by atoms with E-state index in [0.29, 0.717) is 18.0 Å². The third kappa shape index (κ3) is 7.13. The molecule has 2 N–H and O–H groups in total. The minimum absolute atomic E-state index is 0. The van der Waals surface area contributed by atoms with E-state index in [1.807, 2.05) is 6.92 Å². The Hall–Kier alpha value is -0.400. The summed E-state index contributed by atoms with van der Waals surface area (Å²) in [5.41, 5.74) is 2.47. The van der Waals surface area contributed by atoms with Crippen molar-refractivity contribution in [2.45, 2.75) is 6.92 Å². The number of thiazole rings is 1. The third-order valence-corrected chi connectivity index (χ3v) is 2.95. The van der Waals surface area contributed by atoms with E-state index in [1.54, 1.807) is 12.6 Å². The second-order valence-corrected chi connectivity index (χ2v) is 4.12. The van der Waals surface area contributed by atoms with E-state index in [0.717, 1.165) is 18.8 Å². The molecule has 106 valence electrons. The smallest absolute Gasteiger partial charge is 0.263 e. The average molecular weight is 316 g/mol. The number of rotatable bonds is 7. The molecule has 0 saturated carbocycles. The molecule has 8 heteroatoms. The molecule has 0 saturated heterocycles. The van der Waals surface area contributed by atoms with Gasteiger partial charge in [0.1, 0.15) is 4.88 Å². The van der Waals surface area contributed by atoms with E-state index in [2.05, 4.69) is 15.6 Å². The molecule has 0 bridgehead atoms. The molecule has 1 amide bonds. The summed E-state index contributed by atoms with van der Waals surface area (Å²) in [6.45, 7) is 4.67. The highest BCUT2D eigenvalue weighted by atomic mass is 35.5. The van der Waals surface area contributed by atoms with Crippen molar-refractivity contribution >= 4 is 42.1 Å².